The molecule has 0 unspecified atom stereocenters. The highest BCUT2D eigenvalue weighted by Crippen LogP contribution is 2.14. The van der Waals surface area contributed by atoms with Crippen LogP contribution in [0.25, 0.3) is 6.08 Å². The van der Waals surface area contributed by atoms with Crippen molar-refractivity contribution in [2.45, 2.75) is 19.4 Å². The lowest BCUT2D eigenvalue weighted by atomic mass is 10.1. The van der Waals surface area contributed by atoms with Crippen LogP contribution < -0.4 is 0 Å². The largest absolute Gasteiger partial charge is 0.450 e. The van der Waals surface area contributed by atoms with E-state index in [1.54, 1.807) is 4.90 Å². The Morgan fingerprint density at radius 3 is 2.95 bits per heavy atom. The molecule has 1 aliphatic rings. The molecule has 0 aliphatic carbocycles. The van der Waals surface area contributed by atoms with Crippen LogP contribution in [0.1, 0.15) is 18.9 Å². The molecule has 1 aromatic carbocycles. The Bertz CT molecular complexity index is 465. The maximum Gasteiger partial charge on any atom is 0.410 e. The molecule has 0 aromatic heterocycles. The van der Waals surface area contributed by atoms with Crippen LogP contribution in [0.2, 0.25) is 0 Å². The van der Waals surface area contributed by atoms with Crippen molar-refractivity contribution in [3.63, 3.8) is 0 Å². The van der Waals surface area contributed by atoms with Crippen LogP contribution in [0.15, 0.2) is 48.6 Å². The van der Waals surface area contributed by atoms with Gasteiger partial charge >= 0.3 is 6.09 Å². The summed E-state index contributed by atoms with van der Waals surface area (Å²) in [6, 6.07) is 10.0. The molecule has 3 nitrogen and oxygen atoms in total. The molecule has 1 aromatic rings. The Morgan fingerprint density at radius 2 is 2.21 bits per heavy atom. The molecule has 100 valence electrons. The zero-order valence-corrected chi connectivity index (χ0v) is 11.2. The molecule has 3 heteroatoms. The lowest BCUT2D eigenvalue weighted by molar-refractivity contribution is 0.103. The van der Waals surface area contributed by atoms with E-state index in [1.807, 2.05) is 55.5 Å². The summed E-state index contributed by atoms with van der Waals surface area (Å²) >= 11 is 0. The van der Waals surface area contributed by atoms with Crippen molar-refractivity contribution in [3.8, 4) is 0 Å². The van der Waals surface area contributed by atoms with Gasteiger partial charge in [-0.25, -0.2) is 4.79 Å². The average molecular weight is 257 g/mol. The minimum Gasteiger partial charge on any atom is -0.450 e. The highest BCUT2D eigenvalue weighted by molar-refractivity contribution is 5.69. The van der Waals surface area contributed by atoms with E-state index in [9.17, 15) is 4.79 Å². The van der Waals surface area contributed by atoms with Gasteiger partial charge < -0.3 is 4.74 Å². The number of amides is 1. The zero-order valence-electron chi connectivity index (χ0n) is 11.2. The second kappa shape index (κ2) is 6.78. The van der Waals surface area contributed by atoms with Gasteiger partial charge in [-0.3, -0.25) is 4.90 Å². The molecule has 0 saturated heterocycles. The van der Waals surface area contributed by atoms with Crippen LogP contribution in [0.4, 0.5) is 4.79 Å². The summed E-state index contributed by atoms with van der Waals surface area (Å²) in [5.74, 6) is 0. The summed E-state index contributed by atoms with van der Waals surface area (Å²) in [4.78, 5) is 13.6. The molecule has 0 spiro atoms. The molecule has 1 amide bonds. The third-order valence-corrected chi connectivity index (χ3v) is 3.02. The van der Waals surface area contributed by atoms with E-state index in [0.717, 1.165) is 12.0 Å². The van der Waals surface area contributed by atoms with Gasteiger partial charge in [-0.1, -0.05) is 54.6 Å². The Labute approximate surface area is 114 Å². The van der Waals surface area contributed by atoms with E-state index < -0.39 is 0 Å². The summed E-state index contributed by atoms with van der Waals surface area (Å²) in [5.41, 5.74) is 1.13. The standard InChI is InChI=1S/C16H19NO2/c1-2-19-16(18)17-13-7-6-10-15(17)12-11-14-8-4-3-5-9-14/h3-6,8-12,15H,2,7,13H2,1H3/b12-11+/t15-/m0/s1. The Kier molecular flexibility index (Phi) is 4.78. The monoisotopic (exact) mass is 257 g/mol. The molecular weight excluding hydrogens is 238 g/mol. The quantitative estimate of drug-likeness (QED) is 0.776. The SMILES string of the molecule is CCOC(=O)N1CCC=C[C@H]1/C=C/c1ccccc1. The van der Waals surface area contributed by atoms with Gasteiger partial charge in [-0.2, -0.15) is 0 Å². The van der Waals surface area contributed by atoms with Crippen LogP contribution in [0.5, 0.6) is 0 Å². The number of benzene rings is 1. The second-order valence-electron chi connectivity index (χ2n) is 4.37. The third-order valence-electron chi connectivity index (χ3n) is 3.02. The Morgan fingerprint density at radius 1 is 1.42 bits per heavy atom. The van der Waals surface area contributed by atoms with Gasteiger partial charge in [0.1, 0.15) is 0 Å². The van der Waals surface area contributed by atoms with Crippen LogP contribution in [-0.4, -0.2) is 30.2 Å². The predicted molar refractivity (Wildman–Crippen MR) is 76.7 cm³/mol. The molecule has 1 aliphatic heterocycles. The van der Waals surface area contributed by atoms with Crippen LogP contribution >= 0.6 is 0 Å². The smallest absolute Gasteiger partial charge is 0.410 e. The first kappa shape index (κ1) is 13.4. The topological polar surface area (TPSA) is 29.5 Å². The van der Waals surface area contributed by atoms with Crippen molar-refractivity contribution in [3.05, 3.63) is 54.1 Å². The van der Waals surface area contributed by atoms with Crippen molar-refractivity contribution >= 4 is 12.2 Å². The molecular formula is C16H19NO2. The summed E-state index contributed by atoms with van der Waals surface area (Å²) < 4.78 is 5.08. The van der Waals surface area contributed by atoms with Gasteiger partial charge in [0.25, 0.3) is 0 Å². The summed E-state index contributed by atoms with van der Waals surface area (Å²) in [7, 11) is 0. The molecule has 0 radical (unpaired) electrons. The maximum absolute atomic E-state index is 11.9. The molecule has 0 fully saturated rings. The first-order chi connectivity index (χ1) is 9.31. The maximum atomic E-state index is 11.9. The summed E-state index contributed by atoms with van der Waals surface area (Å²) in [6.45, 7) is 2.94. The van der Waals surface area contributed by atoms with Crippen LogP contribution in [-0.2, 0) is 4.74 Å². The van der Waals surface area contributed by atoms with Gasteiger partial charge in [0.05, 0.1) is 12.6 Å². The number of hydrogen-bond acceptors (Lipinski definition) is 2. The molecule has 2 rings (SSSR count). The molecule has 1 atom stereocenters. The number of ether oxygens (including phenoxy) is 1. The number of hydrogen-bond donors (Lipinski definition) is 0. The lowest BCUT2D eigenvalue weighted by Crippen LogP contribution is -2.41. The van der Waals surface area contributed by atoms with Gasteiger partial charge in [0.15, 0.2) is 0 Å². The summed E-state index contributed by atoms with van der Waals surface area (Å²) in [6.07, 6.45) is 8.85. The lowest BCUT2D eigenvalue weighted by Gasteiger charge is -2.29. The minimum atomic E-state index is -0.241. The predicted octanol–water partition coefficient (Wildman–Crippen LogP) is 3.49. The highest BCUT2D eigenvalue weighted by atomic mass is 16.6. The van der Waals surface area contributed by atoms with E-state index in [-0.39, 0.29) is 12.1 Å². The molecule has 19 heavy (non-hydrogen) atoms. The first-order valence-electron chi connectivity index (χ1n) is 6.64. The van der Waals surface area contributed by atoms with Crippen molar-refractivity contribution < 1.29 is 9.53 Å². The van der Waals surface area contributed by atoms with Crippen LogP contribution in [0.3, 0.4) is 0 Å². The second-order valence-corrected chi connectivity index (χ2v) is 4.37. The van der Waals surface area contributed by atoms with Crippen molar-refractivity contribution in [1.29, 1.82) is 0 Å². The fourth-order valence-corrected chi connectivity index (χ4v) is 2.06. The minimum absolute atomic E-state index is 0.0204. The van der Waals surface area contributed by atoms with Gasteiger partial charge in [0, 0.05) is 6.54 Å². The first-order valence-corrected chi connectivity index (χ1v) is 6.64. The Balaban J connectivity index is 2.07. The number of carbonyl (C=O) groups is 1. The van der Waals surface area contributed by atoms with E-state index >= 15 is 0 Å². The molecule has 0 bridgehead atoms. The van der Waals surface area contributed by atoms with E-state index in [0.29, 0.717) is 13.2 Å². The average Bonchev–Trinajstić information content (AvgIpc) is 2.47. The molecule has 0 saturated carbocycles. The van der Waals surface area contributed by atoms with Gasteiger partial charge in [-0.05, 0) is 18.9 Å². The fourth-order valence-electron chi connectivity index (χ4n) is 2.06. The number of nitrogens with zero attached hydrogens (tertiary/aromatic N) is 1. The molecule has 0 N–H and O–H groups in total. The zero-order chi connectivity index (χ0) is 13.5. The van der Waals surface area contributed by atoms with Gasteiger partial charge in [-0.15, -0.1) is 0 Å². The fraction of sp³-hybridized carbons (Fsp3) is 0.312. The van der Waals surface area contributed by atoms with Crippen LogP contribution in [0, 0.1) is 0 Å². The van der Waals surface area contributed by atoms with Gasteiger partial charge in [0.2, 0.25) is 0 Å². The Hall–Kier alpha value is -2.03. The van der Waals surface area contributed by atoms with Crippen molar-refractivity contribution in [1.82, 2.24) is 4.90 Å². The molecule has 1 heterocycles. The normalized spacial score (nSPS) is 18.8. The van der Waals surface area contributed by atoms with Crippen molar-refractivity contribution in [2.24, 2.45) is 0 Å². The van der Waals surface area contributed by atoms with Crippen molar-refractivity contribution in [2.75, 3.05) is 13.2 Å². The highest BCUT2D eigenvalue weighted by Gasteiger charge is 2.22. The van der Waals surface area contributed by atoms with E-state index in [1.165, 1.54) is 0 Å². The number of rotatable bonds is 3. The third kappa shape index (κ3) is 3.71. The summed E-state index contributed by atoms with van der Waals surface area (Å²) in [5, 5.41) is 0. The number of carbonyl (C=O) groups excluding carboxylic acids is 1. The van der Waals surface area contributed by atoms with E-state index in [2.05, 4.69) is 6.08 Å². The van der Waals surface area contributed by atoms with E-state index in [4.69, 9.17) is 4.74 Å².